The van der Waals surface area contributed by atoms with E-state index >= 15 is 0 Å². The number of hydrogen-bond acceptors (Lipinski definition) is 1. The summed E-state index contributed by atoms with van der Waals surface area (Å²) in [5, 5.41) is 2.76. The van der Waals surface area contributed by atoms with E-state index in [9.17, 15) is 9.18 Å². The van der Waals surface area contributed by atoms with E-state index in [2.05, 4.69) is 5.32 Å². The Kier molecular flexibility index (Phi) is 5.63. The largest absolute Gasteiger partial charge is 0.349 e. The molecule has 1 unspecified atom stereocenters. The van der Waals surface area contributed by atoms with Crippen LogP contribution in [0.1, 0.15) is 37.6 Å². The molecule has 1 aromatic rings. The van der Waals surface area contributed by atoms with Crippen LogP contribution < -0.4 is 5.32 Å². The Morgan fingerprint density at radius 2 is 2.05 bits per heavy atom. The molecule has 0 radical (unpaired) electrons. The van der Waals surface area contributed by atoms with E-state index in [-0.39, 0.29) is 22.0 Å². The average molecular weight is 306 g/mol. The normalized spacial score (nSPS) is 13.2. The molecule has 1 rings (SSSR count). The molecule has 2 nitrogen and oxygen atoms in total. The van der Waals surface area contributed by atoms with E-state index in [1.165, 1.54) is 12.1 Å². The molecule has 0 aliphatic carbocycles. The van der Waals surface area contributed by atoms with Crippen LogP contribution in [0.25, 0.3) is 0 Å². The number of nitrogens with one attached hydrogen (secondary N) is 1. The monoisotopic (exact) mass is 305 g/mol. The summed E-state index contributed by atoms with van der Waals surface area (Å²) in [4.78, 5) is 12.1. The highest BCUT2D eigenvalue weighted by molar-refractivity contribution is 6.31. The van der Waals surface area contributed by atoms with Gasteiger partial charge in [-0.3, -0.25) is 4.79 Å². The van der Waals surface area contributed by atoms with Gasteiger partial charge in [0.15, 0.2) is 5.82 Å². The maximum absolute atomic E-state index is 13.8. The molecular weight excluding hydrogens is 288 g/mol. The van der Waals surface area contributed by atoms with Gasteiger partial charge < -0.3 is 5.32 Å². The van der Waals surface area contributed by atoms with Gasteiger partial charge in [0.25, 0.3) is 5.91 Å². The van der Waals surface area contributed by atoms with Gasteiger partial charge in [-0.05, 0) is 24.0 Å². The molecule has 1 atom stereocenters. The molecule has 0 spiro atoms. The molecule has 0 aliphatic rings. The highest BCUT2D eigenvalue weighted by atomic mass is 35.5. The van der Waals surface area contributed by atoms with Crippen molar-refractivity contribution in [2.45, 2.75) is 33.2 Å². The second kappa shape index (κ2) is 6.58. The molecule has 5 heteroatoms. The van der Waals surface area contributed by atoms with Gasteiger partial charge in [-0.2, -0.15) is 0 Å². The van der Waals surface area contributed by atoms with Crippen molar-refractivity contribution in [3.8, 4) is 0 Å². The van der Waals surface area contributed by atoms with Gasteiger partial charge in [-0.15, -0.1) is 11.6 Å². The zero-order valence-corrected chi connectivity index (χ0v) is 12.8. The summed E-state index contributed by atoms with van der Waals surface area (Å²) < 4.78 is 13.8. The lowest BCUT2D eigenvalue weighted by Gasteiger charge is -2.31. The first-order chi connectivity index (χ1) is 8.77. The number of carbonyl (C=O) groups is 1. The minimum atomic E-state index is -0.694. The van der Waals surface area contributed by atoms with Gasteiger partial charge in [-0.1, -0.05) is 38.4 Å². The van der Waals surface area contributed by atoms with Gasteiger partial charge in [-0.25, -0.2) is 4.39 Å². The van der Waals surface area contributed by atoms with E-state index in [1.807, 2.05) is 20.8 Å². The quantitative estimate of drug-likeness (QED) is 0.828. The first-order valence-electron chi connectivity index (χ1n) is 6.08. The zero-order valence-electron chi connectivity index (χ0n) is 11.3. The summed E-state index contributed by atoms with van der Waals surface area (Å²) >= 11 is 11.4. The summed E-state index contributed by atoms with van der Waals surface area (Å²) in [6.45, 7) is 6.00. The minimum Gasteiger partial charge on any atom is -0.349 e. The molecule has 0 saturated carbocycles. The Morgan fingerprint density at radius 3 is 2.58 bits per heavy atom. The molecule has 0 saturated heterocycles. The van der Waals surface area contributed by atoms with Crippen molar-refractivity contribution in [3.05, 3.63) is 34.6 Å². The van der Waals surface area contributed by atoms with Gasteiger partial charge in [0.05, 0.1) is 10.6 Å². The Balaban J connectivity index is 2.91. The third kappa shape index (κ3) is 4.36. The highest BCUT2D eigenvalue weighted by Crippen LogP contribution is 2.24. The number of benzene rings is 1. The molecule has 106 valence electrons. The molecule has 0 aromatic heterocycles. The molecule has 0 bridgehead atoms. The number of rotatable bonds is 4. The number of alkyl halides is 1. The minimum absolute atomic E-state index is 0.0451. The number of halogens is 3. The van der Waals surface area contributed by atoms with E-state index in [1.54, 1.807) is 6.07 Å². The van der Waals surface area contributed by atoms with E-state index in [4.69, 9.17) is 23.2 Å². The Labute approximate surface area is 123 Å². The fourth-order valence-corrected chi connectivity index (χ4v) is 2.14. The van der Waals surface area contributed by atoms with Crippen molar-refractivity contribution < 1.29 is 9.18 Å². The van der Waals surface area contributed by atoms with E-state index in [0.29, 0.717) is 12.3 Å². The maximum atomic E-state index is 13.8. The van der Waals surface area contributed by atoms with Crippen molar-refractivity contribution in [2.24, 2.45) is 5.41 Å². The SMILES string of the molecule is CC(C)(C)C(CCCl)NC(=O)c1cccc(Cl)c1F. The summed E-state index contributed by atoms with van der Waals surface area (Å²) in [6.07, 6.45) is 0.624. The van der Waals surface area contributed by atoms with Crippen LogP contribution in [0.4, 0.5) is 4.39 Å². The second-order valence-corrected chi connectivity index (χ2v) is 6.26. The predicted octanol–water partition coefficient (Wildman–Crippen LogP) is 4.25. The van der Waals surface area contributed by atoms with Crippen LogP contribution in [0.15, 0.2) is 18.2 Å². The first-order valence-corrected chi connectivity index (χ1v) is 6.99. The summed E-state index contributed by atoms with van der Waals surface area (Å²) in [5.74, 6) is -0.731. The fourth-order valence-electron chi connectivity index (χ4n) is 1.75. The average Bonchev–Trinajstić information content (AvgIpc) is 2.30. The second-order valence-electron chi connectivity index (χ2n) is 5.47. The van der Waals surface area contributed by atoms with Gasteiger partial charge in [0.2, 0.25) is 0 Å². The van der Waals surface area contributed by atoms with Crippen LogP contribution in [0.3, 0.4) is 0 Å². The molecule has 0 heterocycles. The van der Waals surface area contributed by atoms with Crippen molar-refractivity contribution >= 4 is 29.1 Å². The lowest BCUT2D eigenvalue weighted by molar-refractivity contribution is 0.0896. The molecule has 19 heavy (non-hydrogen) atoms. The zero-order chi connectivity index (χ0) is 14.6. The smallest absolute Gasteiger partial charge is 0.254 e. The first kappa shape index (κ1) is 16.3. The van der Waals surface area contributed by atoms with Crippen molar-refractivity contribution in [1.29, 1.82) is 0 Å². The van der Waals surface area contributed by atoms with Crippen molar-refractivity contribution in [2.75, 3.05) is 5.88 Å². The van der Waals surface area contributed by atoms with Crippen molar-refractivity contribution in [1.82, 2.24) is 5.32 Å². The Hall–Kier alpha value is -0.800. The number of amides is 1. The number of carbonyl (C=O) groups excluding carboxylic acids is 1. The van der Waals surface area contributed by atoms with Crippen LogP contribution in [0, 0.1) is 11.2 Å². The standard InChI is InChI=1S/C14H18Cl2FNO/c1-14(2,3)11(7-8-15)18-13(19)9-5-4-6-10(16)12(9)17/h4-6,11H,7-8H2,1-3H3,(H,18,19). The third-order valence-electron chi connectivity index (χ3n) is 2.94. The lowest BCUT2D eigenvalue weighted by Crippen LogP contribution is -2.44. The number of hydrogen-bond donors (Lipinski definition) is 1. The summed E-state index contributed by atoms with van der Waals surface area (Å²) in [5.41, 5.74) is -0.198. The molecular formula is C14H18Cl2FNO. The maximum Gasteiger partial charge on any atom is 0.254 e. The molecule has 1 aromatic carbocycles. The topological polar surface area (TPSA) is 29.1 Å². The van der Waals surface area contributed by atoms with Gasteiger partial charge >= 0.3 is 0 Å². The molecule has 0 aliphatic heterocycles. The van der Waals surface area contributed by atoms with Crippen LogP contribution in [-0.2, 0) is 0 Å². The van der Waals surface area contributed by atoms with Crippen LogP contribution >= 0.6 is 23.2 Å². The van der Waals surface area contributed by atoms with Crippen LogP contribution in [0.5, 0.6) is 0 Å². The van der Waals surface area contributed by atoms with Crippen molar-refractivity contribution in [3.63, 3.8) is 0 Å². The summed E-state index contributed by atoms with van der Waals surface area (Å²) in [7, 11) is 0. The Morgan fingerprint density at radius 1 is 1.42 bits per heavy atom. The van der Waals surface area contributed by atoms with Crippen LogP contribution in [0.2, 0.25) is 5.02 Å². The fraction of sp³-hybridized carbons (Fsp3) is 0.500. The third-order valence-corrected chi connectivity index (χ3v) is 3.45. The predicted molar refractivity (Wildman–Crippen MR) is 77.5 cm³/mol. The molecule has 1 N–H and O–H groups in total. The Bertz CT molecular complexity index is 457. The van der Waals surface area contributed by atoms with E-state index in [0.717, 1.165) is 0 Å². The van der Waals surface area contributed by atoms with Gasteiger partial charge in [0.1, 0.15) is 0 Å². The van der Waals surface area contributed by atoms with E-state index < -0.39 is 11.7 Å². The van der Waals surface area contributed by atoms with Gasteiger partial charge in [0, 0.05) is 11.9 Å². The molecule has 1 amide bonds. The lowest BCUT2D eigenvalue weighted by atomic mass is 9.85. The summed E-state index contributed by atoms with van der Waals surface area (Å²) in [6, 6.07) is 4.24. The van der Waals surface area contributed by atoms with Crippen LogP contribution in [-0.4, -0.2) is 17.8 Å². The highest BCUT2D eigenvalue weighted by Gasteiger charge is 2.27. The molecule has 0 fully saturated rings.